The van der Waals surface area contributed by atoms with Gasteiger partial charge in [0.15, 0.2) is 5.69 Å². The highest BCUT2D eigenvalue weighted by molar-refractivity contribution is 6.02. The van der Waals surface area contributed by atoms with E-state index in [4.69, 9.17) is 0 Å². The predicted molar refractivity (Wildman–Crippen MR) is 93.3 cm³/mol. The third-order valence-electron chi connectivity index (χ3n) is 3.85. The molecule has 0 bridgehead atoms. The van der Waals surface area contributed by atoms with E-state index in [9.17, 15) is 9.59 Å². The SMILES string of the molecule is CCN(CC)C(=O)c1nc(C(=O)NCCN(C)C)n2ccccc12. The van der Waals surface area contributed by atoms with E-state index < -0.39 is 0 Å². The molecule has 0 spiro atoms. The number of hydrogen-bond acceptors (Lipinski definition) is 4. The van der Waals surface area contributed by atoms with Crippen molar-refractivity contribution in [2.75, 3.05) is 40.3 Å². The van der Waals surface area contributed by atoms with Crippen LogP contribution in [0.5, 0.6) is 0 Å². The van der Waals surface area contributed by atoms with Gasteiger partial charge in [-0.3, -0.25) is 14.0 Å². The van der Waals surface area contributed by atoms with Crippen LogP contribution in [0.1, 0.15) is 35.0 Å². The number of likely N-dealkylation sites (N-methyl/N-ethyl adjacent to an activating group) is 1. The van der Waals surface area contributed by atoms with Crippen LogP contribution in [0.4, 0.5) is 0 Å². The van der Waals surface area contributed by atoms with Gasteiger partial charge in [-0.1, -0.05) is 6.07 Å². The molecule has 0 aromatic carbocycles. The molecule has 2 aromatic heterocycles. The van der Waals surface area contributed by atoms with Gasteiger partial charge in [-0.15, -0.1) is 0 Å². The number of carbonyl (C=O) groups excluding carboxylic acids is 2. The van der Waals surface area contributed by atoms with Crippen molar-refractivity contribution in [2.45, 2.75) is 13.8 Å². The fourth-order valence-corrected chi connectivity index (χ4v) is 2.49. The smallest absolute Gasteiger partial charge is 0.287 e. The van der Waals surface area contributed by atoms with E-state index in [0.29, 0.717) is 30.8 Å². The molecule has 0 aliphatic carbocycles. The standard InChI is InChI=1S/C17H25N5O2/c1-5-21(6-2)17(24)14-13-9-7-8-11-22(13)15(19-14)16(23)18-10-12-20(3)4/h7-9,11H,5-6,10,12H2,1-4H3,(H,18,23). The molecule has 0 saturated carbocycles. The average Bonchev–Trinajstić information content (AvgIpc) is 2.95. The number of hydrogen-bond donors (Lipinski definition) is 1. The van der Waals surface area contributed by atoms with Crippen LogP contribution in [0.25, 0.3) is 5.52 Å². The van der Waals surface area contributed by atoms with E-state index in [1.807, 2.05) is 45.0 Å². The molecule has 0 fully saturated rings. The van der Waals surface area contributed by atoms with E-state index in [1.165, 1.54) is 0 Å². The van der Waals surface area contributed by atoms with Gasteiger partial charge >= 0.3 is 0 Å². The summed E-state index contributed by atoms with van der Waals surface area (Å²) in [5.74, 6) is -0.201. The molecule has 1 N–H and O–H groups in total. The molecule has 0 unspecified atom stereocenters. The van der Waals surface area contributed by atoms with Crippen molar-refractivity contribution in [3.63, 3.8) is 0 Å². The van der Waals surface area contributed by atoms with Gasteiger partial charge in [-0.25, -0.2) is 4.98 Å². The molecule has 2 amide bonds. The van der Waals surface area contributed by atoms with E-state index in [2.05, 4.69) is 10.3 Å². The van der Waals surface area contributed by atoms with Gasteiger partial charge in [0.2, 0.25) is 5.82 Å². The highest BCUT2D eigenvalue weighted by atomic mass is 16.2. The number of nitrogens with zero attached hydrogens (tertiary/aromatic N) is 4. The molecule has 24 heavy (non-hydrogen) atoms. The van der Waals surface area contributed by atoms with Crippen molar-refractivity contribution in [3.05, 3.63) is 35.9 Å². The summed E-state index contributed by atoms with van der Waals surface area (Å²) in [4.78, 5) is 33.2. The minimum atomic E-state index is -0.281. The van der Waals surface area contributed by atoms with Gasteiger partial charge in [0.25, 0.3) is 11.8 Å². The van der Waals surface area contributed by atoms with Crippen LogP contribution in [0, 0.1) is 0 Å². The van der Waals surface area contributed by atoms with Crippen LogP contribution < -0.4 is 5.32 Å². The van der Waals surface area contributed by atoms with Crippen molar-refractivity contribution in [2.24, 2.45) is 0 Å². The maximum atomic E-state index is 12.7. The first-order chi connectivity index (χ1) is 11.5. The maximum absolute atomic E-state index is 12.7. The summed E-state index contributed by atoms with van der Waals surface area (Å²) in [6.45, 7) is 6.31. The van der Waals surface area contributed by atoms with Crippen LogP contribution in [0.3, 0.4) is 0 Å². The number of aromatic nitrogens is 2. The molecular weight excluding hydrogens is 306 g/mol. The van der Waals surface area contributed by atoms with Crippen LogP contribution in [-0.4, -0.2) is 71.3 Å². The monoisotopic (exact) mass is 331 g/mol. The molecule has 0 aliphatic rings. The quantitative estimate of drug-likeness (QED) is 0.825. The van der Waals surface area contributed by atoms with E-state index >= 15 is 0 Å². The van der Waals surface area contributed by atoms with Crippen LogP contribution in [0.2, 0.25) is 0 Å². The maximum Gasteiger partial charge on any atom is 0.287 e. The second-order valence-electron chi connectivity index (χ2n) is 5.78. The number of fused-ring (bicyclic) bond motifs is 1. The average molecular weight is 331 g/mol. The molecule has 0 aliphatic heterocycles. The Labute approximate surface area is 142 Å². The minimum Gasteiger partial charge on any atom is -0.348 e. The Morgan fingerprint density at radius 1 is 1.21 bits per heavy atom. The van der Waals surface area contributed by atoms with Crippen LogP contribution in [-0.2, 0) is 0 Å². The Morgan fingerprint density at radius 3 is 2.54 bits per heavy atom. The summed E-state index contributed by atoms with van der Waals surface area (Å²) in [5, 5.41) is 2.84. The first-order valence-electron chi connectivity index (χ1n) is 8.18. The Hall–Kier alpha value is -2.41. The van der Waals surface area contributed by atoms with Crippen molar-refractivity contribution in [1.29, 1.82) is 0 Å². The van der Waals surface area contributed by atoms with Gasteiger partial charge < -0.3 is 15.1 Å². The second-order valence-corrected chi connectivity index (χ2v) is 5.78. The summed E-state index contributed by atoms with van der Waals surface area (Å²) in [6.07, 6.45) is 1.75. The number of rotatable bonds is 7. The summed E-state index contributed by atoms with van der Waals surface area (Å²) in [5.41, 5.74) is 0.962. The molecule has 0 atom stereocenters. The normalized spacial score (nSPS) is 11.0. The Morgan fingerprint density at radius 2 is 1.92 bits per heavy atom. The Balaban J connectivity index is 2.35. The lowest BCUT2D eigenvalue weighted by Crippen LogP contribution is -2.33. The van der Waals surface area contributed by atoms with Gasteiger partial charge in [-0.2, -0.15) is 0 Å². The number of carbonyl (C=O) groups is 2. The largest absolute Gasteiger partial charge is 0.348 e. The zero-order valence-corrected chi connectivity index (χ0v) is 14.7. The highest BCUT2D eigenvalue weighted by Crippen LogP contribution is 2.15. The number of imidazole rings is 1. The number of pyridine rings is 1. The van der Waals surface area contributed by atoms with Crippen molar-refractivity contribution in [3.8, 4) is 0 Å². The molecule has 2 aromatic rings. The third-order valence-corrected chi connectivity index (χ3v) is 3.85. The third kappa shape index (κ3) is 3.73. The predicted octanol–water partition coefficient (Wildman–Crippen LogP) is 1.11. The Kier molecular flexibility index (Phi) is 5.92. The second kappa shape index (κ2) is 7.92. The molecule has 0 saturated heterocycles. The lowest BCUT2D eigenvalue weighted by molar-refractivity contribution is 0.0769. The molecule has 2 heterocycles. The highest BCUT2D eigenvalue weighted by Gasteiger charge is 2.23. The van der Waals surface area contributed by atoms with Crippen molar-refractivity contribution in [1.82, 2.24) is 24.5 Å². The van der Waals surface area contributed by atoms with Gasteiger partial charge in [0.1, 0.15) is 0 Å². The van der Waals surface area contributed by atoms with Gasteiger partial charge in [0, 0.05) is 32.4 Å². The van der Waals surface area contributed by atoms with Gasteiger partial charge in [0.05, 0.1) is 5.52 Å². The van der Waals surface area contributed by atoms with E-state index in [0.717, 1.165) is 6.54 Å². The first-order valence-corrected chi connectivity index (χ1v) is 8.18. The first kappa shape index (κ1) is 17.9. The van der Waals surface area contributed by atoms with Crippen LogP contribution in [0.15, 0.2) is 24.4 Å². The lowest BCUT2D eigenvalue weighted by Gasteiger charge is -2.17. The molecular formula is C17H25N5O2. The van der Waals surface area contributed by atoms with Gasteiger partial charge in [-0.05, 0) is 40.1 Å². The zero-order valence-electron chi connectivity index (χ0n) is 14.7. The molecule has 2 rings (SSSR count). The summed E-state index contributed by atoms with van der Waals surface area (Å²) in [6, 6.07) is 5.46. The Bertz CT molecular complexity index is 719. The van der Waals surface area contributed by atoms with Crippen molar-refractivity contribution >= 4 is 17.3 Å². The minimum absolute atomic E-state index is 0.156. The number of nitrogens with one attached hydrogen (secondary N) is 1. The zero-order chi connectivity index (χ0) is 17.7. The summed E-state index contributed by atoms with van der Waals surface area (Å²) in [7, 11) is 3.88. The van der Waals surface area contributed by atoms with E-state index in [-0.39, 0.29) is 17.6 Å². The molecule has 0 radical (unpaired) electrons. The fourth-order valence-electron chi connectivity index (χ4n) is 2.49. The van der Waals surface area contributed by atoms with E-state index in [1.54, 1.807) is 21.6 Å². The molecule has 7 nitrogen and oxygen atoms in total. The molecule has 130 valence electrons. The summed E-state index contributed by atoms with van der Waals surface area (Å²) < 4.78 is 1.67. The summed E-state index contributed by atoms with van der Waals surface area (Å²) >= 11 is 0. The number of amides is 2. The van der Waals surface area contributed by atoms with Crippen molar-refractivity contribution < 1.29 is 9.59 Å². The fraction of sp³-hybridized carbons (Fsp3) is 0.471. The lowest BCUT2D eigenvalue weighted by atomic mass is 10.3. The topological polar surface area (TPSA) is 70.0 Å². The molecule has 7 heteroatoms. The van der Waals surface area contributed by atoms with Crippen LogP contribution >= 0.6 is 0 Å².